The van der Waals surface area contributed by atoms with Crippen LogP contribution in [0.15, 0.2) is 18.5 Å². The number of carbonyl (C=O) groups is 3. The van der Waals surface area contributed by atoms with E-state index in [1.54, 1.807) is 6.07 Å². The SMILES string of the molecule is CC(=O)N[C@H](CN1C(=O)c2ccncc2C1=O)C(C)(C)C. The molecular weight excluding hydrogens is 270 g/mol. The van der Waals surface area contributed by atoms with E-state index in [4.69, 9.17) is 0 Å². The lowest BCUT2D eigenvalue weighted by Gasteiger charge is -2.33. The third kappa shape index (κ3) is 2.94. The topological polar surface area (TPSA) is 79.4 Å². The summed E-state index contributed by atoms with van der Waals surface area (Å²) in [5.74, 6) is -0.882. The molecule has 0 fully saturated rings. The number of rotatable bonds is 3. The molecule has 1 N–H and O–H groups in total. The fourth-order valence-electron chi connectivity index (χ4n) is 2.26. The number of carbonyl (C=O) groups excluding carboxylic acids is 3. The van der Waals surface area contributed by atoms with Gasteiger partial charge in [0, 0.05) is 19.3 Å². The van der Waals surface area contributed by atoms with E-state index in [0.29, 0.717) is 11.1 Å². The van der Waals surface area contributed by atoms with Crippen LogP contribution in [-0.2, 0) is 4.79 Å². The van der Waals surface area contributed by atoms with Gasteiger partial charge in [0.25, 0.3) is 11.8 Å². The summed E-state index contributed by atoms with van der Waals surface area (Å²) >= 11 is 0. The first-order valence-electron chi connectivity index (χ1n) is 6.79. The minimum Gasteiger partial charge on any atom is -0.351 e. The molecule has 6 heteroatoms. The fourth-order valence-corrected chi connectivity index (χ4v) is 2.26. The summed E-state index contributed by atoms with van der Waals surface area (Å²) in [6, 6.07) is 1.23. The van der Waals surface area contributed by atoms with E-state index in [1.165, 1.54) is 24.2 Å². The molecule has 0 unspecified atom stereocenters. The number of amides is 3. The maximum absolute atomic E-state index is 12.3. The van der Waals surface area contributed by atoms with Gasteiger partial charge < -0.3 is 5.32 Å². The molecule has 2 heterocycles. The van der Waals surface area contributed by atoms with E-state index in [1.807, 2.05) is 20.8 Å². The highest BCUT2D eigenvalue weighted by Crippen LogP contribution is 2.26. The number of pyridine rings is 1. The predicted octanol–water partition coefficient (Wildman–Crippen LogP) is 1.23. The first-order valence-corrected chi connectivity index (χ1v) is 6.79. The van der Waals surface area contributed by atoms with Gasteiger partial charge in [0.2, 0.25) is 5.91 Å². The summed E-state index contributed by atoms with van der Waals surface area (Å²) in [4.78, 5) is 41.0. The van der Waals surface area contributed by atoms with E-state index in [9.17, 15) is 14.4 Å². The van der Waals surface area contributed by atoms with Gasteiger partial charge in [0.15, 0.2) is 0 Å². The molecule has 3 amide bonds. The molecule has 2 rings (SSSR count). The molecule has 0 spiro atoms. The van der Waals surface area contributed by atoms with Gasteiger partial charge in [-0.2, -0.15) is 0 Å². The summed E-state index contributed by atoms with van der Waals surface area (Å²) in [5.41, 5.74) is 0.405. The van der Waals surface area contributed by atoms with Crippen LogP contribution in [0.1, 0.15) is 48.4 Å². The van der Waals surface area contributed by atoms with Crippen molar-refractivity contribution in [3.8, 4) is 0 Å². The lowest BCUT2D eigenvalue weighted by atomic mass is 9.86. The van der Waals surface area contributed by atoms with Gasteiger partial charge in [0.1, 0.15) is 0 Å². The number of hydrogen-bond acceptors (Lipinski definition) is 4. The van der Waals surface area contributed by atoms with Gasteiger partial charge in [-0.1, -0.05) is 20.8 Å². The van der Waals surface area contributed by atoms with Crippen LogP contribution in [0, 0.1) is 5.41 Å². The minimum absolute atomic E-state index is 0.148. The highest BCUT2D eigenvalue weighted by Gasteiger charge is 2.39. The Bertz CT molecular complexity index is 569. The third-order valence-electron chi connectivity index (χ3n) is 3.56. The standard InChI is InChI=1S/C15H19N3O3/c1-9(19)17-12(15(2,3)4)8-18-13(20)10-5-6-16-7-11(10)14(18)21/h5-7,12H,8H2,1-4H3,(H,17,19)/t12-/m1/s1. The van der Waals surface area contributed by atoms with Crippen molar-refractivity contribution in [2.75, 3.05) is 6.54 Å². The summed E-state index contributed by atoms with van der Waals surface area (Å²) < 4.78 is 0. The van der Waals surface area contributed by atoms with Crippen LogP contribution in [0.4, 0.5) is 0 Å². The molecule has 0 radical (unpaired) electrons. The monoisotopic (exact) mass is 289 g/mol. The van der Waals surface area contributed by atoms with Crippen LogP contribution in [-0.4, -0.2) is 40.2 Å². The Morgan fingerprint density at radius 1 is 1.29 bits per heavy atom. The van der Waals surface area contributed by atoms with E-state index in [-0.39, 0.29) is 35.7 Å². The normalized spacial score (nSPS) is 15.9. The second-order valence-corrected chi connectivity index (χ2v) is 6.26. The second kappa shape index (κ2) is 5.27. The van der Waals surface area contributed by atoms with Crippen LogP contribution in [0.5, 0.6) is 0 Å². The Morgan fingerprint density at radius 3 is 2.43 bits per heavy atom. The maximum Gasteiger partial charge on any atom is 0.263 e. The zero-order valence-corrected chi connectivity index (χ0v) is 12.6. The van der Waals surface area contributed by atoms with Crippen LogP contribution in [0.2, 0.25) is 0 Å². The van der Waals surface area contributed by atoms with E-state index >= 15 is 0 Å². The molecule has 0 saturated heterocycles. The number of nitrogens with one attached hydrogen (secondary N) is 1. The molecule has 6 nitrogen and oxygen atoms in total. The van der Waals surface area contributed by atoms with Crippen molar-refractivity contribution < 1.29 is 14.4 Å². The third-order valence-corrected chi connectivity index (χ3v) is 3.56. The van der Waals surface area contributed by atoms with Crippen molar-refractivity contribution in [2.45, 2.75) is 33.7 Å². The highest BCUT2D eigenvalue weighted by molar-refractivity contribution is 6.21. The maximum atomic E-state index is 12.3. The Hall–Kier alpha value is -2.24. The number of fused-ring (bicyclic) bond motifs is 1. The molecule has 0 bridgehead atoms. The molecule has 0 saturated carbocycles. The van der Waals surface area contributed by atoms with Crippen molar-refractivity contribution in [1.82, 2.24) is 15.2 Å². The minimum atomic E-state index is -0.359. The Kier molecular flexibility index (Phi) is 3.80. The predicted molar refractivity (Wildman–Crippen MR) is 76.7 cm³/mol. The molecule has 0 aliphatic carbocycles. The van der Waals surface area contributed by atoms with E-state index < -0.39 is 0 Å². The van der Waals surface area contributed by atoms with E-state index in [2.05, 4.69) is 10.3 Å². The van der Waals surface area contributed by atoms with Crippen LogP contribution in [0.25, 0.3) is 0 Å². The number of hydrogen-bond donors (Lipinski definition) is 1. The van der Waals surface area contributed by atoms with Crippen LogP contribution in [0.3, 0.4) is 0 Å². The van der Waals surface area contributed by atoms with Crippen LogP contribution >= 0.6 is 0 Å². The zero-order valence-electron chi connectivity index (χ0n) is 12.6. The first kappa shape index (κ1) is 15.2. The van der Waals surface area contributed by atoms with Crippen molar-refractivity contribution >= 4 is 17.7 Å². The second-order valence-electron chi connectivity index (χ2n) is 6.26. The molecule has 1 aliphatic rings. The first-order chi connectivity index (χ1) is 9.71. The van der Waals surface area contributed by atoms with Gasteiger partial charge in [-0.05, 0) is 11.5 Å². The summed E-state index contributed by atoms with van der Waals surface area (Å²) in [5, 5.41) is 2.81. The Balaban J connectivity index is 2.25. The average Bonchev–Trinajstić information content (AvgIpc) is 2.62. The lowest BCUT2D eigenvalue weighted by Crippen LogP contribution is -2.51. The van der Waals surface area contributed by atoms with Gasteiger partial charge >= 0.3 is 0 Å². The summed E-state index contributed by atoms with van der Waals surface area (Å²) in [6.45, 7) is 7.43. The quantitative estimate of drug-likeness (QED) is 0.849. The molecule has 1 aliphatic heterocycles. The largest absolute Gasteiger partial charge is 0.351 e. The van der Waals surface area contributed by atoms with Gasteiger partial charge in [-0.15, -0.1) is 0 Å². The van der Waals surface area contributed by atoms with Gasteiger partial charge in [-0.3, -0.25) is 24.3 Å². The van der Waals surface area contributed by atoms with Gasteiger partial charge in [0.05, 0.1) is 23.7 Å². The highest BCUT2D eigenvalue weighted by atomic mass is 16.2. The molecule has 0 aromatic carbocycles. The number of aromatic nitrogens is 1. The zero-order chi connectivity index (χ0) is 15.8. The lowest BCUT2D eigenvalue weighted by molar-refractivity contribution is -0.120. The van der Waals surface area contributed by atoms with E-state index in [0.717, 1.165) is 0 Å². The van der Waals surface area contributed by atoms with Crippen molar-refractivity contribution in [3.05, 3.63) is 29.6 Å². The molecular formula is C15H19N3O3. The Labute approximate surface area is 123 Å². The molecule has 1 aromatic rings. The molecule has 112 valence electrons. The smallest absolute Gasteiger partial charge is 0.263 e. The summed E-state index contributed by atoms with van der Waals surface area (Å²) in [7, 11) is 0. The Morgan fingerprint density at radius 2 is 1.90 bits per heavy atom. The average molecular weight is 289 g/mol. The molecule has 1 aromatic heterocycles. The van der Waals surface area contributed by atoms with Crippen molar-refractivity contribution in [1.29, 1.82) is 0 Å². The van der Waals surface area contributed by atoms with Gasteiger partial charge in [-0.25, -0.2) is 0 Å². The van der Waals surface area contributed by atoms with Crippen LogP contribution < -0.4 is 5.32 Å². The molecule has 21 heavy (non-hydrogen) atoms. The van der Waals surface area contributed by atoms with Crippen molar-refractivity contribution in [3.63, 3.8) is 0 Å². The van der Waals surface area contributed by atoms with Crippen molar-refractivity contribution in [2.24, 2.45) is 5.41 Å². The summed E-state index contributed by atoms with van der Waals surface area (Å²) in [6.07, 6.45) is 2.89. The number of imide groups is 1. The number of nitrogens with zero attached hydrogens (tertiary/aromatic N) is 2. The molecule has 1 atom stereocenters. The fraction of sp³-hybridized carbons (Fsp3) is 0.467.